The second-order valence-electron chi connectivity index (χ2n) is 10.9. The van der Waals surface area contributed by atoms with Gasteiger partial charge in [-0.1, -0.05) is 18.2 Å². The predicted molar refractivity (Wildman–Crippen MR) is 122 cm³/mol. The van der Waals surface area contributed by atoms with Crippen molar-refractivity contribution in [2.45, 2.75) is 95.6 Å². The smallest absolute Gasteiger partial charge is 0.338 e. The van der Waals surface area contributed by atoms with Crippen molar-refractivity contribution in [2.75, 3.05) is 0 Å². The third kappa shape index (κ3) is 3.58. The van der Waals surface area contributed by atoms with E-state index in [-0.39, 0.29) is 18.4 Å². The van der Waals surface area contributed by atoms with Crippen LogP contribution in [0.15, 0.2) is 30.3 Å². The topological polar surface area (TPSA) is 129 Å². The zero-order chi connectivity index (χ0) is 26.0. The Hall–Kier alpha value is -2.49. The van der Waals surface area contributed by atoms with Crippen molar-refractivity contribution in [1.82, 2.24) is 0 Å². The molecule has 192 valence electrons. The van der Waals surface area contributed by atoms with Gasteiger partial charge in [0.2, 0.25) is 0 Å². The molecule has 2 N–H and O–H groups in total. The summed E-state index contributed by atoms with van der Waals surface area (Å²) in [6, 6.07) is 8.32. The van der Waals surface area contributed by atoms with E-state index in [0.717, 1.165) is 0 Å². The first kappa shape index (κ1) is 25.6. The Labute approximate surface area is 204 Å². The standard InChI is InChI=1S/C26H34O9/c1-14(27)32-17-12-13-24(5,31)26-20(33-15(2)28)18(23(3,4)35-26)19(29)21(25(17,26)6)34-22(30)16-10-8-7-9-11-16/h7-11,17-21,29,31H,12-13H2,1-6H3. The second-order valence-corrected chi connectivity index (χ2v) is 10.9. The molecule has 9 nitrogen and oxygen atoms in total. The minimum atomic E-state index is -1.65. The molecule has 2 bridgehead atoms. The van der Waals surface area contributed by atoms with E-state index >= 15 is 0 Å². The summed E-state index contributed by atoms with van der Waals surface area (Å²) in [5, 5.41) is 23.6. The van der Waals surface area contributed by atoms with E-state index in [9.17, 15) is 24.6 Å². The van der Waals surface area contributed by atoms with Gasteiger partial charge < -0.3 is 29.2 Å². The van der Waals surface area contributed by atoms with Crippen molar-refractivity contribution in [3.63, 3.8) is 0 Å². The zero-order valence-electron chi connectivity index (χ0n) is 20.9. The normalized spacial score (nSPS) is 41.4. The van der Waals surface area contributed by atoms with Crippen LogP contribution < -0.4 is 0 Å². The van der Waals surface area contributed by atoms with Crippen LogP contribution in [0.4, 0.5) is 0 Å². The lowest BCUT2D eigenvalue weighted by Gasteiger charge is -2.64. The van der Waals surface area contributed by atoms with E-state index in [1.165, 1.54) is 13.8 Å². The second kappa shape index (κ2) is 8.28. The molecule has 4 rings (SSSR count). The molecule has 1 aliphatic heterocycles. The molecule has 1 aromatic carbocycles. The van der Waals surface area contributed by atoms with Crippen molar-refractivity contribution >= 4 is 17.9 Å². The number of aliphatic hydroxyl groups excluding tert-OH is 1. The maximum absolute atomic E-state index is 13.2. The average molecular weight is 491 g/mol. The molecule has 0 aromatic heterocycles. The molecule has 0 radical (unpaired) electrons. The summed E-state index contributed by atoms with van der Waals surface area (Å²) in [5.74, 6) is -2.70. The van der Waals surface area contributed by atoms with Crippen molar-refractivity contribution < 1.29 is 43.5 Å². The number of hydrogen-bond acceptors (Lipinski definition) is 9. The van der Waals surface area contributed by atoms with Gasteiger partial charge in [0, 0.05) is 13.8 Å². The predicted octanol–water partition coefficient (Wildman–Crippen LogP) is 2.16. The molecule has 0 amide bonds. The van der Waals surface area contributed by atoms with Gasteiger partial charge in [-0.05, 0) is 52.7 Å². The summed E-state index contributed by atoms with van der Waals surface area (Å²) < 4.78 is 24.1. The fourth-order valence-electron chi connectivity index (χ4n) is 6.90. The number of hydrogen-bond donors (Lipinski definition) is 2. The van der Waals surface area contributed by atoms with Crippen LogP contribution in [0, 0.1) is 11.3 Å². The van der Waals surface area contributed by atoms with Gasteiger partial charge in [-0.15, -0.1) is 0 Å². The third-order valence-electron chi connectivity index (χ3n) is 8.23. The lowest BCUT2D eigenvalue weighted by molar-refractivity contribution is -0.336. The molecule has 8 atom stereocenters. The maximum Gasteiger partial charge on any atom is 0.338 e. The lowest BCUT2D eigenvalue weighted by Crippen LogP contribution is -2.81. The number of fused-ring (bicyclic) bond motifs is 1. The fourth-order valence-corrected chi connectivity index (χ4v) is 6.90. The highest BCUT2D eigenvalue weighted by atomic mass is 16.6. The Morgan fingerprint density at radius 1 is 0.943 bits per heavy atom. The first-order valence-corrected chi connectivity index (χ1v) is 11.9. The van der Waals surface area contributed by atoms with Crippen LogP contribution in [0.2, 0.25) is 0 Å². The summed E-state index contributed by atoms with van der Waals surface area (Å²) >= 11 is 0. The molecular weight excluding hydrogens is 456 g/mol. The molecule has 8 unspecified atom stereocenters. The summed E-state index contributed by atoms with van der Waals surface area (Å²) in [7, 11) is 0. The van der Waals surface area contributed by atoms with Crippen molar-refractivity contribution in [1.29, 1.82) is 0 Å². The Bertz CT molecular complexity index is 1020. The molecule has 9 heteroatoms. The fraction of sp³-hybridized carbons (Fsp3) is 0.654. The van der Waals surface area contributed by atoms with Crippen LogP contribution >= 0.6 is 0 Å². The minimum Gasteiger partial charge on any atom is -0.462 e. The van der Waals surface area contributed by atoms with Crippen molar-refractivity contribution in [3.05, 3.63) is 35.9 Å². The molecule has 2 aliphatic carbocycles. The summed E-state index contributed by atoms with van der Waals surface area (Å²) in [6.07, 6.45) is -4.21. The van der Waals surface area contributed by atoms with Gasteiger partial charge in [-0.2, -0.15) is 0 Å². The Morgan fingerprint density at radius 3 is 2.11 bits per heavy atom. The van der Waals surface area contributed by atoms with Gasteiger partial charge in [0.05, 0.1) is 28.1 Å². The highest BCUT2D eigenvalue weighted by molar-refractivity contribution is 5.89. The number of benzene rings is 1. The summed E-state index contributed by atoms with van der Waals surface area (Å²) in [6.45, 7) is 9.22. The minimum absolute atomic E-state index is 0.163. The lowest BCUT2D eigenvalue weighted by atomic mass is 9.47. The number of carbonyl (C=O) groups is 3. The van der Waals surface area contributed by atoms with Crippen LogP contribution in [0.5, 0.6) is 0 Å². The molecule has 3 fully saturated rings. The van der Waals surface area contributed by atoms with Crippen LogP contribution in [0.25, 0.3) is 0 Å². The number of carbonyl (C=O) groups excluding carboxylic acids is 3. The Morgan fingerprint density at radius 2 is 1.54 bits per heavy atom. The molecule has 2 saturated carbocycles. The zero-order valence-corrected chi connectivity index (χ0v) is 20.9. The van der Waals surface area contributed by atoms with Gasteiger partial charge in [0.25, 0.3) is 0 Å². The van der Waals surface area contributed by atoms with E-state index in [1.807, 2.05) is 0 Å². The van der Waals surface area contributed by atoms with Crippen LogP contribution in [0.3, 0.4) is 0 Å². The first-order chi connectivity index (χ1) is 16.2. The van der Waals surface area contributed by atoms with Gasteiger partial charge in [0.15, 0.2) is 0 Å². The quantitative estimate of drug-likeness (QED) is 0.482. The van der Waals surface area contributed by atoms with E-state index in [4.69, 9.17) is 18.9 Å². The molecule has 1 heterocycles. The maximum atomic E-state index is 13.2. The van der Waals surface area contributed by atoms with Crippen molar-refractivity contribution in [2.24, 2.45) is 11.3 Å². The third-order valence-corrected chi connectivity index (χ3v) is 8.23. The van der Waals surface area contributed by atoms with Gasteiger partial charge in [0.1, 0.15) is 30.0 Å². The van der Waals surface area contributed by atoms with Crippen molar-refractivity contribution in [3.8, 4) is 0 Å². The highest BCUT2D eigenvalue weighted by Crippen LogP contribution is 2.68. The largest absolute Gasteiger partial charge is 0.462 e. The number of aliphatic hydroxyl groups is 2. The summed E-state index contributed by atoms with van der Waals surface area (Å²) in [5.41, 5.74) is -5.52. The SMILES string of the molecule is CC(=O)OC1CCC(C)(O)C23OC(C)(C)C(C(O)C(OC(=O)c4ccccc4)C12C)C3OC(C)=O. The highest BCUT2D eigenvalue weighted by Gasteiger charge is 2.84. The summed E-state index contributed by atoms with van der Waals surface area (Å²) in [4.78, 5) is 37.5. The van der Waals surface area contributed by atoms with Crippen LogP contribution in [0.1, 0.15) is 64.7 Å². The molecule has 1 spiro atoms. The molecule has 35 heavy (non-hydrogen) atoms. The van der Waals surface area contributed by atoms with Crippen LogP contribution in [-0.4, -0.2) is 69.3 Å². The van der Waals surface area contributed by atoms with E-state index in [1.54, 1.807) is 58.0 Å². The first-order valence-electron chi connectivity index (χ1n) is 11.9. The number of ether oxygens (including phenoxy) is 4. The molecule has 1 aromatic rings. The number of rotatable bonds is 4. The van der Waals surface area contributed by atoms with Gasteiger partial charge in [-0.3, -0.25) is 9.59 Å². The van der Waals surface area contributed by atoms with E-state index in [2.05, 4.69) is 0 Å². The molecule has 1 saturated heterocycles. The van der Waals surface area contributed by atoms with Gasteiger partial charge in [-0.25, -0.2) is 4.79 Å². The Balaban J connectivity index is 1.94. The van der Waals surface area contributed by atoms with Crippen LogP contribution in [-0.2, 0) is 28.5 Å². The Kier molecular flexibility index (Phi) is 6.06. The molecular formula is C26H34O9. The molecule has 3 aliphatic rings. The van der Waals surface area contributed by atoms with E-state index in [0.29, 0.717) is 0 Å². The average Bonchev–Trinajstić information content (AvgIpc) is 2.97. The van der Waals surface area contributed by atoms with E-state index < -0.39 is 70.5 Å². The number of esters is 3. The van der Waals surface area contributed by atoms with Gasteiger partial charge >= 0.3 is 17.9 Å². The monoisotopic (exact) mass is 490 g/mol.